The van der Waals surface area contributed by atoms with E-state index >= 15 is 0 Å². The Hall–Kier alpha value is -0.530. The van der Waals surface area contributed by atoms with Gasteiger partial charge in [-0.1, -0.05) is 17.7 Å². The monoisotopic (exact) mass is 181 g/mol. The van der Waals surface area contributed by atoms with E-state index in [1.807, 2.05) is 17.5 Å². The lowest BCUT2D eigenvalue weighted by Crippen LogP contribution is -1.68. The SMILES string of the molecule is [CH2]c1csc2cccc(Cl)c12. The van der Waals surface area contributed by atoms with Crippen LogP contribution < -0.4 is 0 Å². The zero-order valence-electron chi connectivity index (χ0n) is 5.80. The third kappa shape index (κ3) is 1.05. The third-order valence-corrected chi connectivity index (χ3v) is 2.94. The van der Waals surface area contributed by atoms with Crippen LogP contribution in [0.25, 0.3) is 10.1 Å². The molecule has 1 heterocycles. The van der Waals surface area contributed by atoms with E-state index in [-0.39, 0.29) is 0 Å². The highest BCUT2D eigenvalue weighted by molar-refractivity contribution is 7.17. The summed E-state index contributed by atoms with van der Waals surface area (Å²) in [5, 5.41) is 3.92. The molecule has 0 spiro atoms. The predicted molar refractivity (Wildman–Crippen MR) is 51.3 cm³/mol. The van der Waals surface area contributed by atoms with Crippen LogP contribution in [0.2, 0.25) is 5.02 Å². The molecule has 1 radical (unpaired) electrons. The highest BCUT2D eigenvalue weighted by Crippen LogP contribution is 2.30. The van der Waals surface area contributed by atoms with Gasteiger partial charge in [0.2, 0.25) is 0 Å². The summed E-state index contributed by atoms with van der Waals surface area (Å²) in [6.45, 7) is 3.90. The smallest absolute Gasteiger partial charge is 0.0495 e. The Morgan fingerprint density at radius 1 is 1.36 bits per heavy atom. The molecule has 0 nitrogen and oxygen atoms in total. The largest absolute Gasteiger partial charge is 0.143 e. The molecule has 0 aliphatic carbocycles. The van der Waals surface area contributed by atoms with Gasteiger partial charge in [0.1, 0.15) is 0 Å². The van der Waals surface area contributed by atoms with Gasteiger partial charge in [-0.2, -0.15) is 0 Å². The second-order valence-corrected chi connectivity index (χ2v) is 3.69. The number of halogens is 1. The van der Waals surface area contributed by atoms with E-state index in [0.717, 1.165) is 16.0 Å². The van der Waals surface area contributed by atoms with Crippen molar-refractivity contribution in [2.45, 2.75) is 0 Å². The number of thiophene rings is 1. The fourth-order valence-electron chi connectivity index (χ4n) is 1.11. The Balaban J connectivity index is 2.96. The molecule has 0 N–H and O–H groups in total. The summed E-state index contributed by atoms with van der Waals surface area (Å²) >= 11 is 7.65. The van der Waals surface area contributed by atoms with Gasteiger partial charge in [-0.25, -0.2) is 0 Å². The van der Waals surface area contributed by atoms with Gasteiger partial charge in [0.15, 0.2) is 0 Å². The summed E-state index contributed by atoms with van der Waals surface area (Å²) in [6.07, 6.45) is 0. The van der Waals surface area contributed by atoms with E-state index in [9.17, 15) is 0 Å². The molecule has 0 saturated carbocycles. The number of fused-ring (bicyclic) bond motifs is 1. The molecule has 2 rings (SSSR count). The lowest BCUT2D eigenvalue weighted by molar-refractivity contribution is 1.79. The minimum atomic E-state index is 0.800. The summed E-state index contributed by atoms with van der Waals surface area (Å²) in [5.74, 6) is 0. The standard InChI is InChI=1S/C9H6ClS/c1-6-5-11-8-4-2-3-7(10)9(6)8/h2-5H,1H2. The van der Waals surface area contributed by atoms with Gasteiger partial charge in [-0.15, -0.1) is 11.3 Å². The van der Waals surface area contributed by atoms with Crippen molar-refractivity contribution in [3.05, 3.63) is 41.1 Å². The van der Waals surface area contributed by atoms with Crippen LogP contribution in [-0.2, 0) is 0 Å². The second kappa shape index (κ2) is 2.50. The molecule has 55 valence electrons. The van der Waals surface area contributed by atoms with Crippen molar-refractivity contribution in [3.63, 3.8) is 0 Å². The van der Waals surface area contributed by atoms with Gasteiger partial charge in [-0.05, 0) is 30.0 Å². The molecular weight excluding hydrogens is 176 g/mol. The molecule has 1 aromatic carbocycles. The zero-order valence-corrected chi connectivity index (χ0v) is 7.38. The maximum atomic E-state index is 5.97. The van der Waals surface area contributed by atoms with Crippen LogP contribution in [0.1, 0.15) is 5.56 Å². The number of benzene rings is 1. The Kier molecular flexibility index (Phi) is 1.63. The normalized spacial score (nSPS) is 10.7. The number of hydrogen-bond acceptors (Lipinski definition) is 1. The van der Waals surface area contributed by atoms with Crippen molar-refractivity contribution >= 4 is 33.0 Å². The summed E-state index contributed by atoms with van der Waals surface area (Å²) in [4.78, 5) is 0. The van der Waals surface area contributed by atoms with Crippen molar-refractivity contribution in [1.29, 1.82) is 0 Å². The first kappa shape index (κ1) is 7.14. The average Bonchev–Trinajstić information content (AvgIpc) is 2.34. The van der Waals surface area contributed by atoms with E-state index in [1.54, 1.807) is 11.3 Å². The first-order valence-corrected chi connectivity index (χ1v) is 4.52. The minimum Gasteiger partial charge on any atom is -0.143 e. The van der Waals surface area contributed by atoms with Crippen molar-refractivity contribution in [2.24, 2.45) is 0 Å². The van der Waals surface area contributed by atoms with Crippen molar-refractivity contribution in [3.8, 4) is 0 Å². The first-order chi connectivity index (χ1) is 5.29. The van der Waals surface area contributed by atoms with Crippen LogP contribution in [0.3, 0.4) is 0 Å². The topological polar surface area (TPSA) is 0 Å². The first-order valence-electron chi connectivity index (χ1n) is 3.27. The third-order valence-electron chi connectivity index (χ3n) is 1.62. The quantitative estimate of drug-likeness (QED) is 0.581. The molecule has 0 atom stereocenters. The van der Waals surface area contributed by atoms with Gasteiger partial charge in [0, 0.05) is 15.1 Å². The zero-order chi connectivity index (χ0) is 7.84. The molecule has 2 aromatic rings. The molecule has 0 aliphatic heterocycles. The second-order valence-electron chi connectivity index (χ2n) is 2.37. The molecular formula is C9H6ClS. The molecule has 0 bridgehead atoms. The van der Waals surface area contributed by atoms with Crippen LogP contribution in [0.5, 0.6) is 0 Å². The van der Waals surface area contributed by atoms with Gasteiger partial charge >= 0.3 is 0 Å². The molecule has 0 unspecified atom stereocenters. The van der Waals surface area contributed by atoms with E-state index in [4.69, 9.17) is 11.6 Å². The molecule has 0 saturated heterocycles. The molecule has 0 amide bonds. The maximum Gasteiger partial charge on any atom is 0.0495 e. The van der Waals surface area contributed by atoms with Gasteiger partial charge in [0.25, 0.3) is 0 Å². The Morgan fingerprint density at radius 2 is 2.18 bits per heavy atom. The fourth-order valence-corrected chi connectivity index (χ4v) is 2.36. The summed E-state index contributed by atoms with van der Waals surface area (Å²) in [5.41, 5.74) is 1.02. The highest BCUT2D eigenvalue weighted by Gasteiger charge is 2.02. The highest BCUT2D eigenvalue weighted by atomic mass is 35.5. The van der Waals surface area contributed by atoms with Crippen molar-refractivity contribution in [2.75, 3.05) is 0 Å². The Bertz CT molecular complexity index is 389. The predicted octanol–water partition coefficient (Wildman–Crippen LogP) is 3.74. The summed E-state index contributed by atoms with van der Waals surface area (Å²) < 4.78 is 1.21. The van der Waals surface area contributed by atoms with Crippen molar-refractivity contribution < 1.29 is 0 Å². The minimum absolute atomic E-state index is 0.800. The van der Waals surface area contributed by atoms with Crippen LogP contribution in [-0.4, -0.2) is 0 Å². The van der Waals surface area contributed by atoms with E-state index < -0.39 is 0 Å². The molecule has 0 aliphatic rings. The maximum absolute atomic E-state index is 5.97. The number of hydrogen-bond donors (Lipinski definition) is 0. The molecule has 0 fully saturated rings. The molecule has 2 heteroatoms. The van der Waals surface area contributed by atoms with Gasteiger partial charge in [-0.3, -0.25) is 0 Å². The number of rotatable bonds is 0. The lowest BCUT2D eigenvalue weighted by atomic mass is 10.2. The van der Waals surface area contributed by atoms with Gasteiger partial charge in [0.05, 0.1) is 0 Å². The van der Waals surface area contributed by atoms with Gasteiger partial charge < -0.3 is 0 Å². The Labute approximate surface area is 74.4 Å². The Morgan fingerprint density at radius 3 is 2.91 bits per heavy atom. The molecule has 1 aromatic heterocycles. The van der Waals surface area contributed by atoms with Crippen LogP contribution >= 0.6 is 22.9 Å². The van der Waals surface area contributed by atoms with Crippen molar-refractivity contribution in [1.82, 2.24) is 0 Å². The van der Waals surface area contributed by atoms with E-state index in [2.05, 4.69) is 13.0 Å². The average molecular weight is 182 g/mol. The molecule has 11 heavy (non-hydrogen) atoms. The van der Waals surface area contributed by atoms with Crippen LogP contribution in [0.4, 0.5) is 0 Å². The van der Waals surface area contributed by atoms with E-state index in [0.29, 0.717) is 0 Å². The van der Waals surface area contributed by atoms with Crippen LogP contribution in [0, 0.1) is 6.92 Å². The fraction of sp³-hybridized carbons (Fsp3) is 0. The lowest BCUT2D eigenvalue weighted by Gasteiger charge is -1.93. The summed E-state index contributed by atoms with van der Waals surface area (Å²) in [7, 11) is 0. The van der Waals surface area contributed by atoms with E-state index in [1.165, 1.54) is 4.70 Å². The summed E-state index contributed by atoms with van der Waals surface area (Å²) in [6, 6.07) is 5.91. The van der Waals surface area contributed by atoms with Crippen LogP contribution in [0.15, 0.2) is 23.6 Å².